The Bertz CT molecular complexity index is 607. The van der Waals surface area contributed by atoms with Crippen molar-refractivity contribution in [3.05, 3.63) is 18.2 Å². The molecule has 1 unspecified atom stereocenters. The zero-order chi connectivity index (χ0) is 13.3. The third-order valence-electron chi connectivity index (χ3n) is 2.74. The second-order valence-electron chi connectivity index (χ2n) is 3.96. The number of benzene rings is 1. The summed E-state index contributed by atoms with van der Waals surface area (Å²) in [6.07, 6.45) is 0. The van der Waals surface area contributed by atoms with Crippen molar-refractivity contribution in [1.29, 1.82) is 5.26 Å². The van der Waals surface area contributed by atoms with E-state index in [-0.39, 0.29) is 0 Å². The lowest BCUT2D eigenvalue weighted by atomic mass is 10.3. The van der Waals surface area contributed by atoms with Crippen LogP contribution in [0.15, 0.2) is 23.1 Å². The van der Waals surface area contributed by atoms with Crippen LogP contribution in [-0.4, -0.2) is 26.0 Å². The van der Waals surface area contributed by atoms with Crippen molar-refractivity contribution in [2.75, 3.05) is 22.3 Å². The van der Waals surface area contributed by atoms with Gasteiger partial charge >= 0.3 is 0 Å². The standard InChI is InChI=1S/C11H13N3O2S2/c1-8(7-12)18(15,16)14-4-5-17-11-3-2-9(13)6-10(11)14/h2-3,6,8H,4-5,13H2,1H3. The molecule has 7 heteroatoms. The molecule has 1 aliphatic heterocycles. The van der Waals surface area contributed by atoms with Crippen LogP contribution in [0.25, 0.3) is 0 Å². The van der Waals surface area contributed by atoms with Crippen molar-refractivity contribution in [2.24, 2.45) is 0 Å². The summed E-state index contributed by atoms with van der Waals surface area (Å²) >= 11 is 1.59. The summed E-state index contributed by atoms with van der Waals surface area (Å²) in [5.74, 6) is 0.675. The third kappa shape index (κ3) is 2.13. The van der Waals surface area contributed by atoms with Crippen LogP contribution in [0.2, 0.25) is 0 Å². The molecular weight excluding hydrogens is 270 g/mol. The predicted molar refractivity (Wildman–Crippen MR) is 72.9 cm³/mol. The van der Waals surface area contributed by atoms with Gasteiger partial charge in [-0.05, 0) is 25.1 Å². The molecule has 0 aliphatic carbocycles. The lowest BCUT2D eigenvalue weighted by molar-refractivity contribution is 0.587. The minimum absolute atomic E-state index is 0.371. The number of hydrogen-bond donors (Lipinski definition) is 1. The van der Waals surface area contributed by atoms with Crippen LogP contribution in [0.1, 0.15) is 6.92 Å². The lowest BCUT2D eigenvalue weighted by Gasteiger charge is -2.30. The highest BCUT2D eigenvalue weighted by Gasteiger charge is 2.32. The van der Waals surface area contributed by atoms with Crippen LogP contribution < -0.4 is 10.0 Å². The Balaban J connectivity index is 2.51. The van der Waals surface area contributed by atoms with Gasteiger partial charge in [-0.25, -0.2) is 8.42 Å². The number of thioether (sulfide) groups is 1. The fourth-order valence-electron chi connectivity index (χ4n) is 1.73. The van der Waals surface area contributed by atoms with E-state index >= 15 is 0 Å². The number of fused-ring (bicyclic) bond motifs is 1. The van der Waals surface area contributed by atoms with Crippen LogP contribution in [0.5, 0.6) is 0 Å². The third-order valence-corrected chi connectivity index (χ3v) is 5.77. The molecule has 1 aliphatic rings. The first-order chi connectivity index (χ1) is 8.46. The normalized spacial score (nSPS) is 16.8. The maximum atomic E-state index is 12.2. The highest BCUT2D eigenvalue weighted by atomic mass is 32.2. The van der Waals surface area contributed by atoms with E-state index in [0.717, 1.165) is 4.90 Å². The summed E-state index contributed by atoms with van der Waals surface area (Å²) in [6, 6.07) is 6.98. The molecule has 0 amide bonds. The summed E-state index contributed by atoms with van der Waals surface area (Å²) in [6.45, 7) is 1.76. The molecule has 0 saturated carbocycles. The van der Waals surface area contributed by atoms with Crippen LogP contribution in [-0.2, 0) is 10.0 Å². The minimum atomic E-state index is -3.64. The Hall–Kier alpha value is -1.39. The number of nitrogens with zero attached hydrogens (tertiary/aromatic N) is 2. The van der Waals surface area contributed by atoms with Gasteiger partial charge in [-0.1, -0.05) is 0 Å². The highest BCUT2D eigenvalue weighted by Crippen LogP contribution is 2.38. The Labute approximate surface area is 111 Å². The zero-order valence-electron chi connectivity index (χ0n) is 9.83. The molecule has 1 aromatic rings. The monoisotopic (exact) mass is 283 g/mol. The number of anilines is 2. The van der Waals surface area contributed by atoms with Crippen molar-refractivity contribution in [1.82, 2.24) is 0 Å². The molecule has 18 heavy (non-hydrogen) atoms. The molecule has 1 atom stereocenters. The SMILES string of the molecule is CC(C#N)S(=O)(=O)N1CCSc2ccc(N)cc21. The Morgan fingerprint density at radius 3 is 2.94 bits per heavy atom. The van der Waals surface area contributed by atoms with Crippen molar-refractivity contribution in [2.45, 2.75) is 17.1 Å². The van der Waals surface area contributed by atoms with E-state index in [9.17, 15) is 8.42 Å². The average molecular weight is 283 g/mol. The molecule has 5 nitrogen and oxygen atoms in total. The van der Waals surface area contributed by atoms with Crippen molar-refractivity contribution in [3.63, 3.8) is 0 Å². The Morgan fingerprint density at radius 2 is 2.28 bits per heavy atom. The van der Waals surface area contributed by atoms with Gasteiger partial charge in [0, 0.05) is 22.9 Å². The van der Waals surface area contributed by atoms with Gasteiger partial charge in [0.15, 0.2) is 5.25 Å². The fourth-order valence-corrected chi connectivity index (χ4v) is 4.17. The van der Waals surface area contributed by atoms with Crippen LogP contribution in [0.4, 0.5) is 11.4 Å². The van der Waals surface area contributed by atoms with E-state index in [2.05, 4.69) is 0 Å². The van der Waals surface area contributed by atoms with Crippen LogP contribution >= 0.6 is 11.8 Å². The molecule has 0 bridgehead atoms. The molecule has 1 heterocycles. The number of nitrogens with two attached hydrogens (primary N) is 1. The number of nitrogen functional groups attached to an aromatic ring is 1. The number of nitriles is 1. The van der Waals surface area contributed by atoms with Gasteiger partial charge in [-0.3, -0.25) is 4.31 Å². The second-order valence-corrected chi connectivity index (χ2v) is 7.28. The number of hydrogen-bond acceptors (Lipinski definition) is 5. The first kappa shape index (κ1) is 13.1. The van der Waals surface area contributed by atoms with E-state index in [1.54, 1.807) is 30.0 Å². The van der Waals surface area contributed by atoms with Crippen molar-refractivity contribution < 1.29 is 8.42 Å². The van der Waals surface area contributed by atoms with Gasteiger partial charge in [-0.15, -0.1) is 11.8 Å². The van der Waals surface area contributed by atoms with Gasteiger partial charge in [0.05, 0.1) is 11.8 Å². The molecule has 0 radical (unpaired) electrons. The van der Waals surface area contributed by atoms with Gasteiger partial charge in [0.25, 0.3) is 10.0 Å². The first-order valence-electron chi connectivity index (χ1n) is 5.40. The van der Waals surface area contributed by atoms with Crippen molar-refractivity contribution >= 4 is 33.2 Å². The van der Waals surface area contributed by atoms with E-state index in [1.807, 2.05) is 6.07 Å². The smallest absolute Gasteiger partial charge is 0.251 e. The van der Waals surface area contributed by atoms with Gasteiger partial charge in [-0.2, -0.15) is 5.26 Å². The predicted octanol–water partition coefficient (Wildman–Crippen LogP) is 1.42. The van der Waals surface area contributed by atoms with E-state index < -0.39 is 15.3 Å². The molecule has 0 spiro atoms. The molecular formula is C11H13N3O2S2. The molecule has 96 valence electrons. The molecule has 0 fully saturated rings. The Kier molecular flexibility index (Phi) is 3.41. The summed E-state index contributed by atoms with van der Waals surface area (Å²) in [7, 11) is -3.64. The quantitative estimate of drug-likeness (QED) is 0.829. The van der Waals surface area contributed by atoms with Gasteiger partial charge < -0.3 is 5.73 Å². The fraction of sp³-hybridized carbons (Fsp3) is 0.364. The number of sulfonamides is 1. The maximum absolute atomic E-state index is 12.2. The van der Waals surface area contributed by atoms with Crippen LogP contribution in [0.3, 0.4) is 0 Å². The zero-order valence-corrected chi connectivity index (χ0v) is 11.5. The van der Waals surface area contributed by atoms with Gasteiger partial charge in [0.1, 0.15) is 0 Å². The molecule has 2 N–H and O–H groups in total. The summed E-state index contributed by atoms with van der Waals surface area (Å²) < 4.78 is 25.8. The van der Waals surface area contributed by atoms with Gasteiger partial charge in [0.2, 0.25) is 0 Å². The van der Waals surface area contributed by atoms with E-state index in [1.165, 1.54) is 11.2 Å². The molecule has 0 aromatic heterocycles. The second kappa shape index (κ2) is 4.71. The van der Waals surface area contributed by atoms with E-state index in [0.29, 0.717) is 23.7 Å². The maximum Gasteiger partial charge on any atom is 0.251 e. The van der Waals surface area contributed by atoms with E-state index in [4.69, 9.17) is 11.0 Å². The van der Waals surface area contributed by atoms with Crippen molar-refractivity contribution in [3.8, 4) is 6.07 Å². The number of rotatable bonds is 2. The topological polar surface area (TPSA) is 87.2 Å². The summed E-state index contributed by atoms with van der Waals surface area (Å²) in [5, 5.41) is 7.76. The molecule has 1 aromatic carbocycles. The largest absolute Gasteiger partial charge is 0.399 e. The first-order valence-corrected chi connectivity index (χ1v) is 7.89. The highest BCUT2D eigenvalue weighted by molar-refractivity contribution is 8.00. The lowest BCUT2D eigenvalue weighted by Crippen LogP contribution is -2.40. The molecule has 2 rings (SSSR count). The Morgan fingerprint density at radius 1 is 1.56 bits per heavy atom. The molecule has 0 saturated heterocycles. The van der Waals surface area contributed by atoms with Crippen LogP contribution in [0, 0.1) is 11.3 Å². The average Bonchev–Trinajstić information content (AvgIpc) is 2.36. The summed E-state index contributed by atoms with van der Waals surface area (Å²) in [4.78, 5) is 0.879. The summed E-state index contributed by atoms with van der Waals surface area (Å²) in [5.41, 5.74) is 6.79. The minimum Gasteiger partial charge on any atom is -0.399 e.